The number of nitrogens with zero attached hydrogens (tertiary/aromatic N) is 3. The first-order chi connectivity index (χ1) is 20.8. The van der Waals surface area contributed by atoms with Crippen LogP contribution in [0.15, 0.2) is 60.7 Å². The van der Waals surface area contributed by atoms with Gasteiger partial charge in [-0.25, -0.2) is 14.4 Å². The van der Waals surface area contributed by atoms with Crippen molar-refractivity contribution in [3.8, 4) is 0 Å². The summed E-state index contributed by atoms with van der Waals surface area (Å²) in [7, 11) is -3.01. The molecule has 1 saturated heterocycles. The van der Waals surface area contributed by atoms with Crippen LogP contribution in [0.3, 0.4) is 0 Å². The molecule has 1 unspecified atom stereocenters. The molecule has 6 nitrogen and oxygen atoms in total. The Hall–Kier alpha value is -2.08. The van der Waals surface area contributed by atoms with E-state index in [4.69, 9.17) is 48.9 Å². The van der Waals surface area contributed by atoms with Crippen LogP contribution in [-0.2, 0) is 15.8 Å². The Morgan fingerprint density at radius 2 is 1.55 bits per heavy atom. The van der Waals surface area contributed by atoms with Crippen molar-refractivity contribution in [1.29, 1.82) is 0 Å². The summed E-state index contributed by atoms with van der Waals surface area (Å²) in [5.41, 5.74) is 0.566. The number of hydrogen-bond donors (Lipinski definition) is 1. The lowest BCUT2D eigenvalue weighted by atomic mass is 10.1. The second-order valence-corrected chi connectivity index (χ2v) is 18.7. The first-order valence-corrected chi connectivity index (χ1v) is 18.2. The predicted molar refractivity (Wildman–Crippen MR) is 180 cm³/mol. The van der Waals surface area contributed by atoms with Gasteiger partial charge in [-0.05, 0) is 29.3 Å². The van der Waals surface area contributed by atoms with Gasteiger partial charge in [0, 0.05) is 13.1 Å². The third-order valence-corrected chi connectivity index (χ3v) is 14.8. The van der Waals surface area contributed by atoms with Crippen molar-refractivity contribution in [2.75, 3.05) is 18.0 Å². The van der Waals surface area contributed by atoms with Crippen LogP contribution in [0, 0.1) is 5.82 Å². The van der Waals surface area contributed by atoms with Gasteiger partial charge in [-0.3, -0.25) is 0 Å². The lowest BCUT2D eigenvalue weighted by Crippen LogP contribution is -2.66. The Kier molecular flexibility index (Phi) is 10.1. The molecule has 0 spiro atoms. The highest BCUT2D eigenvalue weighted by molar-refractivity contribution is 7.16. The SMILES string of the molecule is C[C@@H]1CN(c2c(CO[Si](c3ccccc3)(c3ccccc3)C(C)(C)C)nc(C(O)c3sc(Cl)nc3Cl)c(F)c2Cl)C[C@H](C)O1. The van der Waals surface area contributed by atoms with E-state index in [1.807, 2.05) is 55.1 Å². The van der Waals surface area contributed by atoms with Crippen molar-refractivity contribution in [3.05, 3.63) is 97.4 Å². The van der Waals surface area contributed by atoms with Crippen LogP contribution in [0.5, 0.6) is 0 Å². The summed E-state index contributed by atoms with van der Waals surface area (Å²) >= 11 is 20.1. The Morgan fingerprint density at radius 3 is 2.02 bits per heavy atom. The van der Waals surface area contributed by atoms with E-state index in [1.54, 1.807) is 0 Å². The fourth-order valence-corrected chi connectivity index (χ4v) is 12.3. The first kappa shape index (κ1) is 33.3. The van der Waals surface area contributed by atoms with Crippen molar-refractivity contribution >= 4 is 70.5 Å². The van der Waals surface area contributed by atoms with E-state index in [0.717, 1.165) is 21.7 Å². The van der Waals surface area contributed by atoms with Crippen LogP contribution >= 0.6 is 46.1 Å². The zero-order valence-corrected chi connectivity index (χ0v) is 29.2. The molecule has 12 heteroatoms. The molecule has 2 aromatic heterocycles. The van der Waals surface area contributed by atoms with Gasteiger partial charge in [0.05, 0.1) is 35.1 Å². The summed E-state index contributed by atoms with van der Waals surface area (Å²) in [4.78, 5) is 10.9. The normalized spacial score (nSPS) is 18.5. The average Bonchev–Trinajstić information content (AvgIpc) is 3.32. The van der Waals surface area contributed by atoms with Crippen molar-refractivity contribution in [3.63, 3.8) is 0 Å². The number of halogens is 4. The summed E-state index contributed by atoms with van der Waals surface area (Å²) in [6, 6.07) is 20.5. The smallest absolute Gasteiger partial charge is 0.261 e. The number of rotatable bonds is 8. The van der Waals surface area contributed by atoms with Crippen LogP contribution in [0.2, 0.25) is 19.7 Å². The number of anilines is 1. The molecule has 1 aliphatic heterocycles. The number of aliphatic hydroxyl groups excluding tert-OH is 1. The van der Waals surface area contributed by atoms with Crippen LogP contribution in [0.1, 0.15) is 57.0 Å². The zero-order valence-electron chi connectivity index (χ0n) is 25.2. The molecule has 1 fully saturated rings. The van der Waals surface area contributed by atoms with Crippen molar-refractivity contribution < 1.29 is 18.7 Å². The molecular formula is C32H35Cl3FN3O3SSi. The largest absolute Gasteiger partial charge is 0.401 e. The molecule has 0 amide bonds. The Morgan fingerprint density at radius 1 is 1.00 bits per heavy atom. The van der Waals surface area contributed by atoms with E-state index in [2.05, 4.69) is 50.0 Å². The fourth-order valence-electron chi connectivity index (χ4n) is 6.07. The van der Waals surface area contributed by atoms with Crippen molar-refractivity contribution in [1.82, 2.24) is 9.97 Å². The number of aromatic nitrogens is 2. The van der Waals surface area contributed by atoms with Gasteiger partial charge >= 0.3 is 0 Å². The second kappa shape index (κ2) is 13.3. The van der Waals surface area contributed by atoms with Gasteiger partial charge < -0.3 is 19.2 Å². The summed E-state index contributed by atoms with van der Waals surface area (Å²) < 4.78 is 29.4. The zero-order chi connectivity index (χ0) is 31.8. The second-order valence-electron chi connectivity index (χ2n) is 12.1. The number of thiazole rings is 1. The summed E-state index contributed by atoms with van der Waals surface area (Å²) in [5, 5.41) is 13.0. The van der Waals surface area contributed by atoms with E-state index in [-0.39, 0.29) is 49.1 Å². The van der Waals surface area contributed by atoms with Crippen molar-refractivity contribution in [2.45, 2.75) is 64.6 Å². The van der Waals surface area contributed by atoms with Crippen LogP contribution in [0.4, 0.5) is 10.1 Å². The number of hydrogen-bond acceptors (Lipinski definition) is 7. The highest BCUT2D eigenvalue weighted by atomic mass is 35.5. The molecular weight excluding hydrogens is 660 g/mol. The Labute approximate surface area is 277 Å². The fraction of sp³-hybridized carbons (Fsp3) is 0.375. The lowest BCUT2D eigenvalue weighted by Gasteiger charge is -2.43. The molecule has 1 aliphatic rings. The maximum Gasteiger partial charge on any atom is 0.261 e. The molecule has 44 heavy (non-hydrogen) atoms. The third-order valence-electron chi connectivity index (χ3n) is 7.82. The summed E-state index contributed by atoms with van der Waals surface area (Å²) in [6.45, 7) is 11.5. The van der Waals surface area contributed by atoms with Crippen LogP contribution < -0.4 is 15.3 Å². The van der Waals surface area contributed by atoms with Gasteiger partial charge in [0.15, 0.2) is 10.3 Å². The molecule has 234 valence electrons. The Balaban J connectivity index is 1.68. The molecule has 2 aromatic carbocycles. The maximum atomic E-state index is 16.1. The highest BCUT2D eigenvalue weighted by Gasteiger charge is 2.50. The van der Waals surface area contributed by atoms with Gasteiger partial charge in [0.2, 0.25) is 0 Å². The van der Waals surface area contributed by atoms with Gasteiger partial charge in [0.1, 0.15) is 22.0 Å². The van der Waals surface area contributed by atoms with Gasteiger partial charge in [-0.1, -0.05) is 116 Å². The standard InChI is InChI=1S/C32H35Cl3FN3O3SSi/c1-19-16-39(17-20(2)42-19)27-23(37-26(25(36)24(27)33)28(40)29-30(34)38-31(35)43-29)18-41-44(32(3,4)5,21-12-8-6-9-13-21)22-14-10-7-11-15-22/h6-15,19-20,28,40H,16-18H2,1-5H3/t19-,20+,28?. The molecule has 5 rings (SSSR count). The molecule has 0 aliphatic carbocycles. The van der Waals surface area contributed by atoms with E-state index in [0.29, 0.717) is 24.5 Å². The highest BCUT2D eigenvalue weighted by Crippen LogP contribution is 2.42. The number of ether oxygens (including phenoxy) is 1. The molecule has 0 radical (unpaired) electrons. The molecule has 3 atom stereocenters. The molecule has 0 bridgehead atoms. The average molecular weight is 695 g/mol. The molecule has 1 N–H and O–H groups in total. The minimum absolute atomic E-state index is 0.0135. The van der Waals surface area contributed by atoms with E-state index in [1.165, 1.54) is 0 Å². The quantitative estimate of drug-likeness (QED) is 0.194. The molecule has 0 saturated carbocycles. The topological polar surface area (TPSA) is 67.7 Å². The number of aliphatic hydroxyl groups is 1. The lowest BCUT2D eigenvalue weighted by molar-refractivity contribution is -0.00536. The van der Waals surface area contributed by atoms with Crippen LogP contribution in [0.25, 0.3) is 0 Å². The summed E-state index contributed by atoms with van der Waals surface area (Å²) in [5.74, 6) is -0.837. The minimum Gasteiger partial charge on any atom is -0.401 e. The number of morpholine rings is 1. The minimum atomic E-state index is -3.01. The molecule has 4 aromatic rings. The maximum absolute atomic E-state index is 16.1. The van der Waals surface area contributed by atoms with Gasteiger partial charge in [0.25, 0.3) is 8.32 Å². The van der Waals surface area contributed by atoms with Crippen LogP contribution in [-0.4, -0.2) is 48.7 Å². The molecule has 3 heterocycles. The van der Waals surface area contributed by atoms with Crippen molar-refractivity contribution in [2.24, 2.45) is 0 Å². The van der Waals surface area contributed by atoms with E-state index >= 15 is 4.39 Å². The van der Waals surface area contributed by atoms with Gasteiger partial charge in [-0.15, -0.1) is 11.3 Å². The first-order valence-electron chi connectivity index (χ1n) is 14.4. The van der Waals surface area contributed by atoms with Gasteiger partial charge in [-0.2, -0.15) is 0 Å². The number of pyridine rings is 1. The van der Waals surface area contributed by atoms with E-state index in [9.17, 15) is 5.11 Å². The van der Waals surface area contributed by atoms with E-state index < -0.39 is 20.2 Å². The summed E-state index contributed by atoms with van der Waals surface area (Å²) in [6.07, 6.45) is -1.77. The number of benzene rings is 2. The predicted octanol–water partition coefficient (Wildman–Crippen LogP) is 7.41. The Bertz CT molecular complexity index is 1560. The third kappa shape index (κ3) is 6.44. The monoisotopic (exact) mass is 693 g/mol.